The molecule has 1 aliphatic rings. The van der Waals surface area contributed by atoms with Crippen LogP contribution in [0.1, 0.15) is 18.5 Å². The van der Waals surface area contributed by atoms with Gasteiger partial charge in [0.25, 0.3) is 0 Å². The standard InChI is InChI=1S/C14H17N3O/c18-12-5-10(6-12)7-15-8-11-9-16-13-3-1-2-4-14(13)17-11/h1-4,9-10,12,15,18H,5-8H2. The maximum absolute atomic E-state index is 9.20. The Labute approximate surface area is 106 Å². The van der Waals surface area contributed by atoms with Crippen LogP contribution in [-0.2, 0) is 6.54 Å². The van der Waals surface area contributed by atoms with Crippen molar-refractivity contribution in [1.29, 1.82) is 0 Å². The van der Waals surface area contributed by atoms with E-state index < -0.39 is 0 Å². The molecule has 2 N–H and O–H groups in total. The van der Waals surface area contributed by atoms with Crippen molar-refractivity contribution in [2.75, 3.05) is 6.54 Å². The van der Waals surface area contributed by atoms with Gasteiger partial charge in [0.15, 0.2) is 0 Å². The summed E-state index contributed by atoms with van der Waals surface area (Å²) < 4.78 is 0. The predicted octanol–water partition coefficient (Wildman–Crippen LogP) is 1.49. The predicted molar refractivity (Wildman–Crippen MR) is 70.0 cm³/mol. The third-order valence-corrected chi connectivity index (χ3v) is 3.45. The minimum atomic E-state index is -0.0720. The second-order valence-electron chi connectivity index (χ2n) is 4.97. The van der Waals surface area contributed by atoms with Crippen LogP contribution >= 0.6 is 0 Å². The number of fused-ring (bicyclic) bond motifs is 1. The normalized spacial score (nSPS) is 22.9. The van der Waals surface area contributed by atoms with Gasteiger partial charge < -0.3 is 10.4 Å². The summed E-state index contributed by atoms with van der Waals surface area (Å²) in [6.07, 6.45) is 3.61. The van der Waals surface area contributed by atoms with Crippen LogP contribution in [0.25, 0.3) is 11.0 Å². The van der Waals surface area contributed by atoms with Crippen LogP contribution in [0.15, 0.2) is 30.5 Å². The van der Waals surface area contributed by atoms with E-state index in [0.717, 1.165) is 42.7 Å². The van der Waals surface area contributed by atoms with E-state index in [1.807, 2.05) is 30.5 Å². The monoisotopic (exact) mass is 243 g/mol. The van der Waals surface area contributed by atoms with Gasteiger partial charge in [-0.05, 0) is 37.4 Å². The second kappa shape index (κ2) is 5.00. The SMILES string of the molecule is OC1CC(CNCc2cnc3ccccc3n2)C1. The third kappa shape index (κ3) is 2.49. The zero-order valence-electron chi connectivity index (χ0n) is 10.2. The fraction of sp³-hybridized carbons (Fsp3) is 0.429. The number of para-hydroxylation sites is 2. The number of benzene rings is 1. The van der Waals surface area contributed by atoms with Crippen molar-refractivity contribution >= 4 is 11.0 Å². The molecule has 0 aliphatic heterocycles. The van der Waals surface area contributed by atoms with Crippen molar-refractivity contribution in [2.45, 2.75) is 25.5 Å². The molecular formula is C14H17N3O. The Hall–Kier alpha value is -1.52. The highest BCUT2D eigenvalue weighted by Gasteiger charge is 2.26. The summed E-state index contributed by atoms with van der Waals surface area (Å²) >= 11 is 0. The first-order chi connectivity index (χ1) is 8.81. The van der Waals surface area contributed by atoms with E-state index in [4.69, 9.17) is 0 Å². The summed E-state index contributed by atoms with van der Waals surface area (Å²) in [5.74, 6) is 0.619. The van der Waals surface area contributed by atoms with Crippen LogP contribution in [0.4, 0.5) is 0 Å². The molecule has 0 spiro atoms. The van der Waals surface area contributed by atoms with E-state index in [1.54, 1.807) is 0 Å². The number of nitrogens with zero attached hydrogens (tertiary/aromatic N) is 2. The van der Waals surface area contributed by atoms with Gasteiger partial charge in [-0.3, -0.25) is 4.98 Å². The first-order valence-electron chi connectivity index (χ1n) is 6.41. The van der Waals surface area contributed by atoms with Gasteiger partial charge in [0.05, 0.1) is 29.0 Å². The molecule has 4 heteroatoms. The fourth-order valence-electron chi connectivity index (χ4n) is 2.35. The van der Waals surface area contributed by atoms with Gasteiger partial charge in [-0.15, -0.1) is 0 Å². The average molecular weight is 243 g/mol. The van der Waals surface area contributed by atoms with Crippen molar-refractivity contribution in [3.05, 3.63) is 36.2 Å². The average Bonchev–Trinajstić information content (AvgIpc) is 2.36. The molecule has 1 aliphatic carbocycles. The summed E-state index contributed by atoms with van der Waals surface area (Å²) in [5.41, 5.74) is 2.84. The topological polar surface area (TPSA) is 58.0 Å². The minimum absolute atomic E-state index is 0.0720. The molecule has 1 fully saturated rings. The molecule has 0 unspecified atom stereocenters. The molecule has 18 heavy (non-hydrogen) atoms. The van der Waals surface area contributed by atoms with E-state index in [2.05, 4.69) is 15.3 Å². The molecule has 0 radical (unpaired) electrons. The Balaban J connectivity index is 1.57. The van der Waals surface area contributed by atoms with E-state index >= 15 is 0 Å². The number of hydrogen-bond acceptors (Lipinski definition) is 4. The summed E-state index contributed by atoms with van der Waals surface area (Å²) in [6, 6.07) is 7.89. The van der Waals surface area contributed by atoms with Crippen LogP contribution in [-0.4, -0.2) is 27.7 Å². The quantitative estimate of drug-likeness (QED) is 0.854. The molecule has 94 valence electrons. The molecule has 0 amide bonds. The third-order valence-electron chi connectivity index (χ3n) is 3.45. The summed E-state index contributed by atoms with van der Waals surface area (Å²) in [4.78, 5) is 8.94. The second-order valence-corrected chi connectivity index (χ2v) is 4.97. The lowest BCUT2D eigenvalue weighted by atomic mass is 9.82. The van der Waals surface area contributed by atoms with Crippen LogP contribution in [0.3, 0.4) is 0 Å². The number of nitrogens with one attached hydrogen (secondary N) is 1. The van der Waals surface area contributed by atoms with Crippen molar-refractivity contribution in [3.63, 3.8) is 0 Å². The van der Waals surface area contributed by atoms with Crippen molar-refractivity contribution < 1.29 is 5.11 Å². The van der Waals surface area contributed by atoms with Gasteiger partial charge in [0, 0.05) is 6.54 Å². The molecule has 0 saturated heterocycles. The highest BCUT2D eigenvalue weighted by atomic mass is 16.3. The van der Waals surface area contributed by atoms with Crippen molar-refractivity contribution in [1.82, 2.24) is 15.3 Å². The van der Waals surface area contributed by atoms with E-state index in [1.165, 1.54) is 0 Å². The Morgan fingerprint density at radius 2 is 2.00 bits per heavy atom. The zero-order chi connectivity index (χ0) is 12.4. The summed E-state index contributed by atoms with van der Waals surface area (Å²) in [7, 11) is 0. The summed E-state index contributed by atoms with van der Waals surface area (Å²) in [5, 5.41) is 12.6. The van der Waals surface area contributed by atoms with Crippen molar-refractivity contribution in [2.24, 2.45) is 5.92 Å². The molecule has 0 bridgehead atoms. The molecule has 1 aromatic heterocycles. The van der Waals surface area contributed by atoms with Crippen LogP contribution in [0.5, 0.6) is 0 Å². The van der Waals surface area contributed by atoms with Gasteiger partial charge in [-0.25, -0.2) is 4.98 Å². The molecule has 3 rings (SSSR count). The lowest BCUT2D eigenvalue weighted by Gasteiger charge is -2.31. The fourth-order valence-corrected chi connectivity index (χ4v) is 2.35. The molecule has 4 nitrogen and oxygen atoms in total. The number of rotatable bonds is 4. The van der Waals surface area contributed by atoms with E-state index in [9.17, 15) is 5.11 Å². The first-order valence-corrected chi connectivity index (χ1v) is 6.41. The minimum Gasteiger partial charge on any atom is -0.393 e. The molecule has 1 aromatic carbocycles. The lowest BCUT2D eigenvalue weighted by Crippen LogP contribution is -2.36. The maximum Gasteiger partial charge on any atom is 0.0890 e. The Bertz CT molecular complexity index is 537. The number of hydrogen-bond donors (Lipinski definition) is 2. The van der Waals surface area contributed by atoms with E-state index in [0.29, 0.717) is 5.92 Å². The van der Waals surface area contributed by atoms with Crippen LogP contribution in [0.2, 0.25) is 0 Å². The number of aliphatic hydroxyl groups excluding tert-OH is 1. The highest BCUT2D eigenvalue weighted by molar-refractivity contribution is 5.73. The molecular weight excluding hydrogens is 226 g/mol. The van der Waals surface area contributed by atoms with Crippen LogP contribution in [0, 0.1) is 5.92 Å². The number of aliphatic hydroxyl groups is 1. The molecule has 1 saturated carbocycles. The van der Waals surface area contributed by atoms with E-state index in [-0.39, 0.29) is 6.10 Å². The largest absolute Gasteiger partial charge is 0.393 e. The summed E-state index contributed by atoms with van der Waals surface area (Å²) in [6.45, 7) is 1.69. The Kier molecular flexibility index (Phi) is 3.21. The van der Waals surface area contributed by atoms with Gasteiger partial charge in [0.2, 0.25) is 0 Å². The first kappa shape index (κ1) is 11.6. The lowest BCUT2D eigenvalue weighted by molar-refractivity contribution is 0.0429. The Morgan fingerprint density at radius 3 is 2.78 bits per heavy atom. The van der Waals surface area contributed by atoms with Gasteiger partial charge in [0.1, 0.15) is 0 Å². The smallest absolute Gasteiger partial charge is 0.0890 e. The van der Waals surface area contributed by atoms with Gasteiger partial charge >= 0.3 is 0 Å². The maximum atomic E-state index is 9.20. The van der Waals surface area contributed by atoms with Crippen molar-refractivity contribution in [3.8, 4) is 0 Å². The molecule has 1 heterocycles. The van der Waals surface area contributed by atoms with Gasteiger partial charge in [-0.2, -0.15) is 0 Å². The van der Waals surface area contributed by atoms with Crippen LogP contribution < -0.4 is 5.32 Å². The highest BCUT2D eigenvalue weighted by Crippen LogP contribution is 2.26. The van der Waals surface area contributed by atoms with Gasteiger partial charge in [-0.1, -0.05) is 12.1 Å². The zero-order valence-corrected chi connectivity index (χ0v) is 10.2. The molecule has 2 aromatic rings. The Morgan fingerprint density at radius 1 is 1.22 bits per heavy atom. The molecule has 0 atom stereocenters. The number of aromatic nitrogens is 2.